The van der Waals surface area contributed by atoms with Crippen LogP contribution < -0.4 is 5.43 Å². The maximum atomic E-state index is 11.0. The standard InChI is InChI=1S/C16H16BrN7O3S.BrH/c1-16(2,3)13-14(23-8-18-7-20-23)28-15(21-13)22-19-6-9-4-10(24(26)27)5-11(17)12(9)25;/h4-8,25H,1-3H3,(H,21,22);1H/b19-6+;. The molecule has 0 bridgehead atoms. The average molecular weight is 547 g/mol. The highest BCUT2D eigenvalue weighted by Crippen LogP contribution is 2.35. The molecular formula is C16H17Br2N7O3S. The van der Waals surface area contributed by atoms with Crippen molar-refractivity contribution in [1.82, 2.24) is 19.7 Å². The summed E-state index contributed by atoms with van der Waals surface area (Å²) >= 11 is 4.44. The van der Waals surface area contributed by atoms with E-state index in [9.17, 15) is 15.2 Å². The Bertz CT molecular complexity index is 1050. The van der Waals surface area contributed by atoms with Crippen molar-refractivity contribution in [2.75, 3.05) is 5.43 Å². The van der Waals surface area contributed by atoms with E-state index >= 15 is 0 Å². The number of thiazole rings is 1. The Kier molecular flexibility index (Phi) is 7.08. The van der Waals surface area contributed by atoms with Gasteiger partial charge in [0.2, 0.25) is 5.13 Å². The van der Waals surface area contributed by atoms with E-state index in [0.717, 1.165) is 10.7 Å². The molecule has 0 aliphatic rings. The van der Waals surface area contributed by atoms with Gasteiger partial charge in [-0.1, -0.05) is 32.1 Å². The number of aromatic hydroxyl groups is 1. The van der Waals surface area contributed by atoms with E-state index in [0.29, 0.717) is 5.13 Å². The van der Waals surface area contributed by atoms with Gasteiger partial charge in [-0.3, -0.25) is 15.5 Å². The van der Waals surface area contributed by atoms with Crippen molar-refractivity contribution in [2.45, 2.75) is 26.2 Å². The van der Waals surface area contributed by atoms with Gasteiger partial charge < -0.3 is 5.11 Å². The van der Waals surface area contributed by atoms with Gasteiger partial charge in [-0.2, -0.15) is 10.2 Å². The molecule has 0 aliphatic heterocycles. The lowest BCUT2D eigenvalue weighted by Crippen LogP contribution is -2.15. The maximum Gasteiger partial charge on any atom is 0.271 e. The molecule has 10 nitrogen and oxygen atoms in total. The van der Waals surface area contributed by atoms with Crippen LogP contribution in [0.25, 0.3) is 5.00 Å². The zero-order valence-electron chi connectivity index (χ0n) is 15.5. The highest BCUT2D eigenvalue weighted by atomic mass is 79.9. The Morgan fingerprint density at radius 2 is 2.14 bits per heavy atom. The number of aromatic nitrogens is 4. The van der Waals surface area contributed by atoms with E-state index in [-0.39, 0.29) is 43.9 Å². The number of rotatable bonds is 5. The average Bonchev–Trinajstić information content (AvgIpc) is 3.27. The molecule has 0 fully saturated rings. The van der Waals surface area contributed by atoms with Crippen LogP contribution in [-0.4, -0.2) is 36.0 Å². The number of halogens is 2. The molecule has 3 rings (SSSR count). The van der Waals surface area contributed by atoms with E-state index < -0.39 is 4.92 Å². The zero-order chi connectivity index (χ0) is 20.5. The van der Waals surface area contributed by atoms with Crippen LogP contribution in [0.4, 0.5) is 10.8 Å². The van der Waals surface area contributed by atoms with Gasteiger partial charge in [-0.25, -0.2) is 14.6 Å². The molecule has 2 aromatic heterocycles. The number of hydrogen-bond acceptors (Lipinski definition) is 9. The summed E-state index contributed by atoms with van der Waals surface area (Å²) in [6.07, 6.45) is 4.33. The number of benzene rings is 1. The minimum absolute atomic E-state index is 0. The van der Waals surface area contributed by atoms with Crippen molar-refractivity contribution >= 4 is 61.3 Å². The Morgan fingerprint density at radius 1 is 1.41 bits per heavy atom. The van der Waals surface area contributed by atoms with Crippen LogP contribution >= 0.6 is 44.2 Å². The van der Waals surface area contributed by atoms with Gasteiger partial charge in [0.05, 0.1) is 21.3 Å². The number of phenolic OH excluding ortho intramolecular Hbond substituents is 1. The third kappa shape index (κ3) is 5.16. The molecule has 0 atom stereocenters. The first-order valence-corrected chi connectivity index (χ1v) is 9.60. The highest BCUT2D eigenvalue weighted by Gasteiger charge is 2.25. The van der Waals surface area contributed by atoms with Crippen LogP contribution in [0, 0.1) is 10.1 Å². The molecular weight excluding hydrogens is 530 g/mol. The molecule has 13 heteroatoms. The largest absolute Gasteiger partial charge is 0.506 e. The summed E-state index contributed by atoms with van der Waals surface area (Å²) in [4.78, 5) is 19.0. The highest BCUT2D eigenvalue weighted by molar-refractivity contribution is 9.10. The van der Waals surface area contributed by atoms with Crippen LogP contribution in [0.2, 0.25) is 0 Å². The molecule has 0 saturated heterocycles. The fraction of sp³-hybridized carbons (Fsp3) is 0.250. The molecule has 0 unspecified atom stereocenters. The van der Waals surface area contributed by atoms with Gasteiger partial charge in [0.15, 0.2) is 0 Å². The van der Waals surface area contributed by atoms with Crippen molar-refractivity contribution in [3.63, 3.8) is 0 Å². The summed E-state index contributed by atoms with van der Waals surface area (Å²) in [5.41, 5.74) is 3.42. The first kappa shape index (κ1) is 22.9. The lowest BCUT2D eigenvalue weighted by molar-refractivity contribution is -0.385. The van der Waals surface area contributed by atoms with Crippen LogP contribution in [0.5, 0.6) is 5.75 Å². The number of hydrazone groups is 1. The fourth-order valence-corrected chi connectivity index (χ4v) is 3.80. The zero-order valence-corrected chi connectivity index (χ0v) is 19.6. The number of phenols is 1. The van der Waals surface area contributed by atoms with Crippen molar-refractivity contribution in [3.8, 4) is 10.8 Å². The summed E-state index contributed by atoms with van der Waals surface area (Å²) in [6, 6.07) is 2.45. The van der Waals surface area contributed by atoms with Gasteiger partial charge in [-0.05, 0) is 15.9 Å². The molecule has 0 radical (unpaired) electrons. The Morgan fingerprint density at radius 3 is 2.72 bits per heavy atom. The number of nitro groups is 1. The molecule has 154 valence electrons. The molecule has 2 N–H and O–H groups in total. The molecule has 0 saturated carbocycles. The van der Waals surface area contributed by atoms with Gasteiger partial charge in [0.1, 0.15) is 23.4 Å². The predicted octanol–water partition coefficient (Wildman–Crippen LogP) is 4.42. The quantitative estimate of drug-likeness (QED) is 0.275. The predicted molar refractivity (Wildman–Crippen MR) is 120 cm³/mol. The monoisotopic (exact) mass is 545 g/mol. The Labute approximate surface area is 188 Å². The van der Waals surface area contributed by atoms with Crippen LogP contribution in [0.1, 0.15) is 32.0 Å². The van der Waals surface area contributed by atoms with Crippen molar-refractivity contribution in [3.05, 3.63) is 50.6 Å². The first-order chi connectivity index (χ1) is 13.2. The van der Waals surface area contributed by atoms with Crippen LogP contribution in [0.3, 0.4) is 0 Å². The molecule has 0 aliphatic carbocycles. The minimum atomic E-state index is -0.546. The van der Waals surface area contributed by atoms with E-state index in [1.165, 1.54) is 36.0 Å². The number of nitro benzene ring substituents is 1. The van der Waals surface area contributed by atoms with Crippen LogP contribution in [-0.2, 0) is 5.41 Å². The van der Waals surface area contributed by atoms with Crippen molar-refractivity contribution < 1.29 is 10.0 Å². The summed E-state index contributed by atoms with van der Waals surface area (Å²) in [5, 5.41) is 30.6. The van der Waals surface area contributed by atoms with E-state index in [1.54, 1.807) is 11.0 Å². The molecule has 2 heterocycles. The summed E-state index contributed by atoms with van der Waals surface area (Å²) in [7, 11) is 0. The normalized spacial score (nSPS) is 11.4. The summed E-state index contributed by atoms with van der Waals surface area (Å²) < 4.78 is 1.84. The second kappa shape index (κ2) is 8.97. The maximum absolute atomic E-state index is 11.0. The van der Waals surface area contributed by atoms with Crippen molar-refractivity contribution in [2.24, 2.45) is 5.10 Å². The molecule has 0 amide bonds. The number of anilines is 1. The number of nitrogens with zero attached hydrogens (tertiary/aromatic N) is 6. The van der Waals surface area contributed by atoms with E-state index in [4.69, 9.17) is 0 Å². The smallest absolute Gasteiger partial charge is 0.271 e. The third-order valence-electron chi connectivity index (χ3n) is 3.60. The van der Waals surface area contributed by atoms with E-state index in [1.807, 2.05) is 20.8 Å². The Hall–Kier alpha value is -2.38. The molecule has 0 spiro atoms. The number of nitrogens with one attached hydrogen (secondary N) is 1. The lowest BCUT2D eigenvalue weighted by atomic mass is 9.92. The fourth-order valence-electron chi connectivity index (χ4n) is 2.28. The molecule has 3 aromatic rings. The third-order valence-corrected chi connectivity index (χ3v) is 5.15. The molecule has 29 heavy (non-hydrogen) atoms. The number of hydrogen-bond donors (Lipinski definition) is 2. The van der Waals surface area contributed by atoms with Gasteiger partial charge in [0.25, 0.3) is 5.69 Å². The minimum Gasteiger partial charge on any atom is -0.506 e. The topological polar surface area (TPSA) is 131 Å². The van der Waals surface area contributed by atoms with Gasteiger partial charge >= 0.3 is 0 Å². The first-order valence-electron chi connectivity index (χ1n) is 7.99. The van der Waals surface area contributed by atoms with Crippen LogP contribution in [0.15, 0.2) is 34.4 Å². The Balaban J connectivity index is 0.00000300. The van der Waals surface area contributed by atoms with Crippen molar-refractivity contribution in [1.29, 1.82) is 0 Å². The lowest BCUT2D eigenvalue weighted by Gasteiger charge is -2.16. The summed E-state index contributed by atoms with van der Waals surface area (Å²) in [5.74, 6) is -0.144. The molecule has 1 aromatic carbocycles. The van der Waals surface area contributed by atoms with E-state index in [2.05, 4.69) is 41.5 Å². The SMILES string of the molecule is Br.CC(C)(C)c1nc(N/N=C/c2cc([N+](=O)[O-])cc(Br)c2O)sc1-n1cncn1. The number of non-ortho nitro benzene ring substituents is 1. The van der Waals surface area contributed by atoms with Gasteiger partial charge in [-0.15, -0.1) is 17.0 Å². The summed E-state index contributed by atoms with van der Waals surface area (Å²) in [6.45, 7) is 6.11. The van der Waals surface area contributed by atoms with Gasteiger partial charge in [0, 0.05) is 23.1 Å². The second-order valence-electron chi connectivity index (χ2n) is 6.76. The second-order valence-corrected chi connectivity index (χ2v) is 8.59.